The number of hydrogen-bond acceptors (Lipinski definition) is 3. The van der Waals surface area contributed by atoms with Gasteiger partial charge in [-0.1, -0.05) is 11.6 Å². The van der Waals surface area contributed by atoms with Crippen LogP contribution in [-0.4, -0.2) is 16.1 Å². The average molecular weight is 165 g/mol. The van der Waals surface area contributed by atoms with E-state index in [1.165, 1.54) is 0 Å². The maximum Gasteiger partial charge on any atom is 0.233 e. The van der Waals surface area contributed by atoms with Crippen LogP contribution in [0.3, 0.4) is 0 Å². The molecule has 0 radical (unpaired) electrons. The van der Waals surface area contributed by atoms with E-state index in [1.54, 1.807) is 0 Å². The average Bonchev–Trinajstić information content (AvgIpc) is 1.96. The molecule has 0 aliphatic heterocycles. The highest BCUT2D eigenvalue weighted by Crippen LogP contribution is 2.31. The zero-order chi connectivity index (χ0) is 7.61. The Bertz CT molecular complexity index is 148. The Morgan fingerprint density at radius 3 is 2.70 bits per heavy atom. The van der Waals surface area contributed by atoms with Crippen molar-refractivity contribution >= 4 is 17.4 Å². The molecule has 0 bridgehead atoms. The van der Waals surface area contributed by atoms with Crippen LogP contribution in [0, 0.1) is 0 Å². The first-order valence-electron chi connectivity index (χ1n) is 3.24. The summed E-state index contributed by atoms with van der Waals surface area (Å²) in [5.74, 6) is -0.220. The van der Waals surface area contributed by atoms with Crippen LogP contribution >= 0.6 is 11.6 Å². The van der Waals surface area contributed by atoms with Crippen LogP contribution in [0.25, 0.3) is 0 Å². The van der Waals surface area contributed by atoms with Gasteiger partial charge < -0.3 is 0 Å². The normalized spacial score (nSPS) is 34.4. The molecule has 1 aliphatic rings. The fourth-order valence-electron chi connectivity index (χ4n) is 1.06. The van der Waals surface area contributed by atoms with Crippen molar-refractivity contribution in [2.75, 3.05) is 0 Å². The molecule has 58 valence electrons. The van der Waals surface area contributed by atoms with Crippen molar-refractivity contribution in [1.29, 1.82) is 0 Å². The van der Waals surface area contributed by atoms with Gasteiger partial charge in [0.1, 0.15) is 0 Å². The molecule has 1 fully saturated rings. The van der Waals surface area contributed by atoms with Crippen molar-refractivity contribution in [3.8, 4) is 0 Å². The van der Waals surface area contributed by atoms with Crippen LogP contribution in [0.4, 0.5) is 0 Å². The van der Waals surface area contributed by atoms with Gasteiger partial charge in [-0.3, -0.25) is 4.79 Å². The molecule has 0 aromatic heterocycles. The number of rotatable bonds is 1. The molecule has 1 aliphatic carbocycles. The van der Waals surface area contributed by atoms with Crippen molar-refractivity contribution in [3.05, 3.63) is 0 Å². The molecular weight excluding hydrogens is 156 g/mol. The number of carbonyl (C=O) groups excluding carboxylic acids is 1. The third-order valence-electron chi connectivity index (χ3n) is 1.71. The maximum atomic E-state index is 10.9. The summed E-state index contributed by atoms with van der Waals surface area (Å²) in [6.07, 6.45) is 2.49. The predicted octanol–water partition coefficient (Wildman–Crippen LogP) is 1.55. The smallest absolute Gasteiger partial charge is 0.233 e. The number of Topliss-reactive ketones (excluding diaryl/α,β-unsaturated/α-hetero) is 1. The zero-order valence-corrected chi connectivity index (χ0v) is 6.23. The molecule has 1 N–H and O–H groups in total. The van der Waals surface area contributed by atoms with Crippen LogP contribution in [0.1, 0.15) is 25.7 Å². The van der Waals surface area contributed by atoms with E-state index in [2.05, 4.69) is 4.89 Å². The van der Waals surface area contributed by atoms with E-state index in [0.717, 1.165) is 12.8 Å². The Kier molecular flexibility index (Phi) is 2.28. The minimum absolute atomic E-state index is 0.220. The van der Waals surface area contributed by atoms with Gasteiger partial charge >= 0.3 is 0 Å². The van der Waals surface area contributed by atoms with E-state index in [0.29, 0.717) is 12.8 Å². The van der Waals surface area contributed by atoms with Crippen molar-refractivity contribution in [2.24, 2.45) is 0 Å². The highest BCUT2D eigenvalue weighted by Gasteiger charge is 2.39. The molecule has 3 nitrogen and oxygen atoms in total. The molecule has 1 saturated carbocycles. The second-order valence-electron chi connectivity index (χ2n) is 2.45. The summed E-state index contributed by atoms with van der Waals surface area (Å²) in [5.41, 5.74) is 0. The van der Waals surface area contributed by atoms with Gasteiger partial charge in [0.15, 0.2) is 5.78 Å². The summed E-state index contributed by atoms with van der Waals surface area (Å²) in [6, 6.07) is 0. The first kappa shape index (κ1) is 7.98. The van der Waals surface area contributed by atoms with Gasteiger partial charge in [0.25, 0.3) is 0 Å². The van der Waals surface area contributed by atoms with Crippen LogP contribution < -0.4 is 0 Å². The van der Waals surface area contributed by atoms with Crippen LogP contribution in [0.15, 0.2) is 0 Å². The number of alkyl halides is 1. The second kappa shape index (κ2) is 2.86. The third-order valence-corrected chi connectivity index (χ3v) is 2.18. The lowest BCUT2D eigenvalue weighted by Crippen LogP contribution is -2.37. The molecule has 0 saturated heterocycles. The summed E-state index contributed by atoms with van der Waals surface area (Å²) < 4.78 is 0. The van der Waals surface area contributed by atoms with Crippen molar-refractivity contribution in [3.63, 3.8) is 0 Å². The highest BCUT2D eigenvalue weighted by molar-refractivity contribution is 6.34. The van der Waals surface area contributed by atoms with Crippen molar-refractivity contribution in [2.45, 2.75) is 30.7 Å². The molecule has 1 unspecified atom stereocenters. The van der Waals surface area contributed by atoms with Crippen molar-refractivity contribution < 1.29 is 14.9 Å². The molecular formula is C6H9ClO3. The SMILES string of the molecule is O=C1CCCCC1(Cl)OO. The molecule has 4 heteroatoms. The van der Waals surface area contributed by atoms with E-state index in [4.69, 9.17) is 16.9 Å². The summed E-state index contributed by atoms with van der Waals surface area (Å²) in [7, 11) is 0. The minimum atomic E-state index is -1.43. The van der Waals surface area contributed by atoms with E-state index >= 15 is 0 Å². The number of ketones is 1. The predicted molar refractivity (Wildman–Crippen MR) is 35.8 cm³/mol. The summed E-state index contributed by atoms with van der Waals surface area (Å²) in [5, 5.41) is 6.84. The van der Waals surface area contributed by atoms with E-state index < -0.39 is 5.06 Å². The Labute approximate surface area is 63.9 Å². The molecule has 10 heavy (non-hydrogen) atoms. The second-order valence-corrected chi connectivity index (χ2v) is 3.06. The molecule has 0 amide bonds. The first-order chi connectivity index (χ1) is 4.69. The van der Waals surface area contributed by atoms with Gasteiger partial charge in [0.2, 0.25) is 5.06 Å². The topological polar surface area (TPSA) is 46.5 Å². The zero-order valence-electron chi connectivity index (χ0n) is 5.47. The highest BCUT2D eigenvalue weighted by atomic mass is 35.5. The summed E-state index contributed by atoms with van der Waals surface area (Å²) in [6.45, 7) is 0. The molecule has 1 rings (SSSR count). The van der Waals surface area contributed by atoms with Gasteiger partial charge in [-0.25, -0.2) is 10.1 Å². The summed E-state index contributed by atoms with van der Waals surface area (Å²) >= 11 is 5.59. The standard InChI is InChI=1S/C6H9ClO3/c7-6(10-9)4-2-1-3-5(6)8/h9H,1-4H2. The lowest BCUT2D eigenvalue weighted by molar-refractivity contribution is -0.289. The lowest BCUT2D eigenvalue weighted by atomic mass is 9.96. The monoisotopic (exact) mass is 164 g/mol. The van der Waals surface area contributed by atoms with Gasteiger partial charge in [-0.2, -0.15) is 0 Å². The molecule has 0 spiro atoms. The maximum absolute atomic E-state index is 10.9. The fraction of sp³-hybridized carbons (Fsp3) is 0.833. The Hall–Kier alpha value is -0.120. The van der Waals surface area contributed by atoms with Gasteiger partial charge in [-0.15, -0.1) is 0 Å². The van der Waals surface area contributed by atoms with E-state index in [1.807, 2.05) is 0 Å². The van der Waals surface area contributed by atoms with Crippen LogP contribution in [0.2, 0.25) is 0 Å². The first-order valence-corrected chi connectivity index (χ1v) is 3.61. The largest absolute Gasteiger partial charge is 0.295 e. The quantitative estimate of drug-likeness (QED) is 0.364. The molecule has 0 aromatic rings. The third kappa shape index (κ3) is 1.31. The number of carbonyl (C=O) groups is 1. The van der Waals surface area contributed by atoms with Crippen LogP contribution in [0.5, 0.6) is 0 Å². The Balaban J connectivity index is 2.63. The molecule has 1 atom stereocenters. The number of hydrogen-bond donors (Lipinski definition) is 1. The van der Waals surface area contributed by atoms with Gasteiger partial charge in [0, 0.05) is 12.8 Å². The van der Waals surface area contributed by atoms with Gasteiger partial charge in [-0.05, 0) is 12.8 Å². The minimum Gasteiger partial charge on any atom is -0.295 e. The van der Waals surface area contributed by atoms with E-state index in [-0.39, 0.29) is 5.78 Å². The molecule has 0 aromatic carbocycles. The Morgan fingerprint density at radius 1 is 1.60 bits per heavy atom. The lowest BCUT2D eigenvalue weighted by Gasteiger charge is -2.25. The van der Waals surface area contributed by atoms with Crippen molar-refractivity contribution in [1.82, 2.24) is 0 Å². The fourth-order valence-corrected chi connectivity index (χ4v) is 1.29. The molecule has 0 heterocycles. The van der Waals surface area contributed by atoms with Crippen LogP contribution in [-0.2, 0) is 9.68 Å². The Morgan fingerprint density at radius 2 is 2.30 bits per heavy atom. The van der Waals surface area contributed by atoms with E-state index in [9.17, 15) is 4.79 Å². The number of halogens is 1. The summed E-state index contributed by atoms with van der Waals surface area (Å²) in [4.78, 5) is 14.8. The van der Waals surface area contributed by atoms with Gasteiger partial charge in [0.05, 0.1) is 0 Å².